The lowest BCUT2D eigenvalue weighted by Gasteiger charge is -2.39. The topological polar surface area (TPSA) is 111 Å². The van der Waals surface area contributed by atoms with Crippen molar-refractivity contribution in [2.45, 2.75) is 135 Å². The van der Waals surface area contributed by atoms with Gasteiger partial charge in [-0.3, -0.25) is 9.88 Å². The summed E-state index contributed by atoms with van der Waals surface area (Å²) in [6.45, 7) is 23.3. The number of ether oxygens (including phenoxy) is 4. The van der Waals surface area contributed by atoms with Gasteiger partial charge in [-0.05, 0) is 124 Å². The molecule has 338 valence electrons. The Morgan fingerprint density at radius 1 is 0.984 bits per heavy atom. The van der Waals surface area contributed by atoms with Gasteiger partial charge in [0.25, 0.3) is 0 Å². The molecule has 2 aromatic heterocycles. The molecule has 1 amide bonds. The number of pyridine rings is 1. The van der Waals surface area contributed by atoms with Crippen molar-refractivity contribution in [2.75, 3.05) is 51.6 Å². The summed E-state index contributed by atoms with van der Waals surface area (Å²) in [6.07, 6.45) is 7.62. The highest BCUT2D eigenvalue weighted by Crippen LogP contribution is 2.45. The first-order valence-corrected chi connectivity index (χ1v) is 25.5. The molecule has 13 heteroatoms. The van der Waals surface area contributed by atoms with E-state index in [4.69, 9.17) is 33.9 Å². The van der Waals surface area contributed by atoms with Crippen LogP contribution < -0.4 is 19.7 Å². The van der Waals surface area contributed by atoms with E-state index in [-0.39, 0.29) is 47.4 Å². The number of hydrogen-bond acceptors (Lipinski definition) is 10. The van der Waals surface area contributed by atoms with Gasteiger partial charge in [-0.2, -0.15) is 9.97 Å². The van der Waals surface area contributed by atoms with Crippen LogP contribution in [0.3, 0.4) is 0 Å². The van der Waals surface area contributed by atoms with Crippen LogP contribution in [0.5, 0.6) is 11.8 Å². The lowest BCUT2D eigenvalue weighted by atomic mass is 9.92. The molecule has 3 saturated heterocycles. The molecule has 63 heavy (non-hydrogen) atoms. The number of benzene rings is 2. The van der Waals surface area contributed by atoms with Crippen molar-refractivity contribution in [1.29, 1.82) is 0 Å². The second-order valence-corrected chi connectivity index (χ2v) is 26.0. The molecule has 5 heterocycles. The van der Waals surface area contributed by atoms with E-state index in [2.05, 4.69) is 68.1 Å². The highest BCUT2D eigenvalue weighted by atomic mass is 28.3. The number of hydrogen-bond donors (Lipinski definition) is 1. The van der Waals surface area contributed by atoms with Gasteiger partial charge in [0.05, 0.1) is 10.9 Å². The number of halogens is 1. The number of piperidine rings is 1. The number of carbonyl (C=O) groups is 1. The quantitative estimate of drug-likeness (QED) is 0.0839. The van der Waals surface area contributed by atoms with Crippen LogP contribution in [-0.4, -0.2) is 97.9 Å². The van der Waals surface area contributed by atoms with Gasteiger partial charge in [0, 0.05) is 49.0 Å². The van der Waals surface area contributed by atoms with E-state index in [9.17, 15) is 4.79 Å². The Bertz CT molecular complexity index is 2360. The van der Waals surface area contributed by atoms with Crippen molar-refractivity contribution in [3.8, 4) is 34.5 Å². The summed E-state index contributed by atoms with van der Waals surface area (Å²) < 4.78 is 41.5. The first-order valence-electron chi connectivity index (χ1n) is 23.2. The average Bonchev–Trinajstić information content (AvgIpc) is 3.87. The van der Waals surface area contributed by atoms with E-state index in [1.165, 1.54) is 0 Å². The zero-order valence-electron chi connectivity index (χ0n) is 39.1. The fourth-order valence-electron chi connectivity index (χ4n) is 11.8. The molecular formula is C50H67FN6O5Si. The molecule has 4 aliphatic rings. The molecule has 2 aromatic carbocycles. The fourth-order valence-corrected chi connectivity index (χ4v) is 17.0. The summed E-state index contributed by atoms with van der Waals surface area (Å²) in [6, 6.07) is 9.98. The standard InChI is InChI=1S/C50H67FN6O5Si/c1-31(2)63(32(3)4,33(5)6)23-18-34-14-11-15-35-24-38(61-30-59-10)25-39(41(34)35)44-42(51)45-40(26-52-44)46(55-47(53-45)60-29-50-19-12-21-57(50)22-13-20-50)56-27-36-16-17-37(28-56)43(36)54-48(58)62-49(7,8)9/h11,14-15,24-26,31-33,36-37,43H,12-13,16-17,19-22,27-30H2,1-10H3,(H,54,58). The minimum Gasteiger partial charge on any atom is -0.468 e. The third kappa shape index (κ3) is 8.72. The number of aromatic nitrogens is 3. The maximum absolute atomic E-state index is 17.9. The fraction of sp³-hybridized carbons (Fsp3) is 0.600. The number of nitrogens with zero attached hydrogens (tertiary/aromatic N) is 5. The van der Waals surface area contributed by atoms with Gasteiger partial charge in [0.2, 0.25) is 0 Å². The van der Waals surface area contributed by atoms with Crippen molar-refractivity contribution in [3.05, 3.63) is 47.9 Å². The molecule has 11 nitrogen and oxygen atoms in total. The Balaban J connectivity index is 1.25. The summed E-state index contributed by atoms with van der Waals surface area (Å²) in [4.78, 5) is 32.6. The summed E-state index contributed by atoms with van der Waals surface area (Å²) in [7, 11) is -0.534. The summed E-state index contributed by atoms with van der Waals surface area (Å²) in [5, 5.41) is 5.37. The predicted molar refractivity (Wildman–Crippen MR) is 251 cm³/mol. The Morgan fingerprint density at radius 3 is 2.30 bits per heavy atom. The van der Waals surface area contributed by atoms with E-state index >= 15 is 4.39 Å². The first kappa shape index (κ1) is 45.1. The number of amides is 1. The van der Waals surface area contributed by atoms with E-state index in [1.807, 2.05) is 51.1 Å². The zero-order chi connectivity index (χ0) is 44.8. The van der Waals surface area contributed by atoms with Crippen LogP contribution >= 0.6 is 0 Å². The number of methoxy groups -OCH3 is 1. The lowest BCUT2D eigenvalue weighted by Crippen LogP contribution is -2.53. The summed E-state index contributed by atoms with van der Waals surface area (Å²) in [5.74, 6) is 4.57. The van der Waals surface area contributed by atoms with Crippen molar-refractivity contribution in [3.63, 3.8) is 0 Å². The number of anilines is 1. The summed E-state index contributed by atoms with van der Waals surface area (Å²) in [5.41, 5.74) is 6.30. The second kappa shape index (κ2) is 17.8. The Morgan fingerprint density at radius 2 is 1.67 bits per heavy atom. The molecule has 2 unspecified atom stereocenters. The van der Waals surface area contributed by atoms with E-state index in [0.717, 1.165) is 68.0 Å². The van der Waals surface area contributed by atoms with Gasteiger partial charge in [0.15, 0.2) is 12.6 Å². The van der Waals surface area contributed by atoms with Gasteiger partial charge in [-0.1, -0.05) is 59.6 Å². The average molecular weight is 879 g/mol. The zero-order valence-corrected chi connectivity index (χ0v) is 40.1. The van der Waals surface area contributed by atoms with Crippen LogP contribution in [-0.2, 0) is 9.47 Å². The number of carbonyl (C=O) groups excluding carboxylic acids is 1. The molecule has 0 radical (unpaired) electrons. The van der Waals surface area contributed by atoms with Gasteiger partial charge in [-0.15, -0.1) is 5.54 Å². The van der Waals surface area contributed by atoms with Crippen molar-refractivity contribution in [2.24, 2.45) is 11.8 Å². The number of rotatable bonds is 12. The van der Waals surface area contributed by atoms with Crippen LogP contribution in [0.25, 0.3) is 32.9 Å². The third-order valence-corrected chi connectivity index (χ3v) is 20.9. The molecule has 1 aliphatic carbocycles. The highest BCUT2D eigenvalue weighted by Gasteiger charge is 2.47. The van der Waals surface area contributed by atoms with Gasteiger partial charge < -0.3 is 29.2 Å². The van der Waals surface area contributed by atoms with Gasteiger partial charge >= 0.3 is 12.1 Å². The number of alkyl carbamates (subject to hydrolysis) is 1. The maximum Gasteiger partial charge on any atom is 0.407 e. The van der Waals surface area contributed by atoms with Gasteiger partial charge in [-0.25, -0.2) is 9.18 Å². The van der Waals surface area contributed by atoms with Crippen LogP contribution in [0.1, 0.15) is 106 Å². The Kier molecular flexibility index (Phi) is 12.7. The molecule has 4 fully saturated rings. The monoisotopic (exact) mass is 878 g/mol. The lowest BCUT2D eigenvalue weighted by molar-refractivity contribution is 0.0472. The van der Waals surface area contributed by atoms with E-state index in [1.54, 1.807) is 13.3 Å². The van der Waals surface area contributed by atoms with Crippen molar-refractivity contribution >= 4 is 41.7 Å². The van der Waals surface area contributed by atoms with Crippen LogP contribution in [0.4, 0.5) is 15.0 Å². The summed E-state index contributed by atoms with van der Waals surface area (Å²) >= 11 is 0. The second-order valence-electron chi connectivity index (χ2n) is 20.5. The van der Waals surface area contributed by atoms with Crippen LogP contribution in [0, 0.1) is 29.1 Å². The minimum absolute atomic E-state index is 0.0242. The SMILES string of the molecule is COCOc1cc(-c2ncc3c(N4CC5CCC(C4)C5NC(=O)OC(C)(C)C)nc(OCC45CCCN4CCC5)nc3c2F)c2c(C#C[Si](C(C)C)(C(C)C)C(C)C)cccc2c1. The molecule has 8 rings (SSSR count). The highest BCUT2D eigenvalue weighted by molar-refractivity contribution is 6.90. The first-order chi connectivity index (χ1) is 30.0. The molecule has 2 atom stereocenters. The van der Waals surface area contributed by atoms with Gasteiger partial charge in [0.1, 0.15) is 43.1 Å². The molecule has 2 bridgehead atoms. The van der Waals surface area contributed by atoms with E-state index in [0.29, 0.717) is 58.8 Å². The Labute approximate surface area is 374 Å². The minimum atomic E-state index is -2.11. The number of nitrogens with one attached hydrogen (secondary N) is 1. The molecule has 0 spiro atoms. The third-order valence-electron chi connectivity index (χ3n) is 14.6. The van der Waals surface area contributed by atoms with Crippen molar-refractivity contribution in [1.82, 2.24) is 25.2 Å². The van der Waals surface area contributed by atoms with Crippen LogP contribution in [0.2, 0.25) is 16.6 Å². The molecule has 3 aliphatic heterocycles. The van der Waals surface area contributed by atoms with Crippen LogP contribution in [0.15, 0.2) is 36.5 Å². The predicted octanol–water partition coefficient (Wildman–Crippen LogP) is 10.3. The Hall–Kier alpha value is -4.51. The molecule has 1 N–H and O–H groups in total. The maximum atomic E-state index is 17.9. The smallest absolute Gasteiger partial charge is 0.407 e. The molecule has 4 aromatic rings. The van der Waals surface area contributed by atoms with E-state index < -0.39 is 25.6 Å². The van der Waals surface area contributed by atoms with Crippen molar-refractivity contribution < 1.29 is 28.1 Å². The largest absolute Gasteiger partial charge is 0.468 e. The molecular weight excluding hydrogens is 812 g/mol. The molecule has 1 saturated carbocycles. The normalized spacial score (nSPS) is 21.0. The number of fused-ring (bicyclic) bond motifs is 5.